The molecule has 92 valence electrons. The van der Waals surface area contributed by atoms with Crippen LogP contribution in [0.5, 0.6) is 0 Å². The molecule has 4 nitrogen and oxygen atoms in total. The Bertz CT molecular complexity index is 286. The smallest absolute Gasteiger partial charge is 0.408 e. The number of amides is 1. The SMILES string of the molecule is CCC(C#N)(NC(=O)OC(C)(C)C)C(C)C. The highest BCUT2D eigenvalue weighted by Gasteiger charge is 2.35. The Balaban J connectivity index is 4.68. The third-order valence-corrected chi connectivity index (χ3v) is 2.47. The van der Waals surface area contributed by atoms with Gasteiger partial charge in [0.1, 0.15) is 11.1 Å². The number of carbonyl (C=O) groups is 1. The lowest BCUT2D eigenvalue weighted by Crippen LogP contribution is -2.52. The van der Waals surface area contributed by atoms with Crippen LogP contribution in [0.2, 0.25) is 0 Å². The van der Waals surface area contributed by atoms with Gasteiger partial charge >= 0.3 is 6.09 Å². The number of nitrogens with one attached hydrogen (secondary N) is 1. The van der Waals surface area contributed by atoms with Crippen LogP contribution in [-0.4, -0.2) is 17.2 Å². The number of nitriles is 1. The quantitative estimate of drug-likeness (QED) is 0.804. The van der Waals surface area contributed by atoms with Crippen LogP contribution in [0.3, 0.4) is 0 Å². The molecular weight excluding hydrogens is 204 g/mol. The summed E-state index contributed by atoms with van der Waals surface area (Å²) in [6, 6.07) is 2.17. The van der Waals surface area contributed by atoms with E-state index in [-0.39, 0.29) is 5.92 Å². The van der Waals surface area contributed by atoms with Crippen LogP contribution in [0.4, 0.5) is 4.79 Å². The Morgan fingerprint density at radius 1 is 1.44 bits per heavy atom. The van der Waals surface area contributed by atoms with Gasteiger partial charge in [-0.2, -0.15) is 5.26 Å². The molecule has 0 aliphatic carbocycles. The van der Waals surface area contributed by atoms with Crippen molar-refractivity contribution in [2.24, 2.45) is 5.92 Å². The van der Waals surface area contributed by atoms with Gasteiger partial charge in [0, 0.05) is 0 Å². The number of ether oxygens (including phenoxy) is 1. The van der Waals surface area contributed by atoms with E-state index in [1.165, 1.54) is 0 Å². The predicted octanol–water partition coefficient (Wildman–Crippen LogP) is 2.84. The standard InChI is InChI=1S/C12H22N2O2/c1-7-12(8-13,9(2)3)14-10(15)16-11(4,5)6/h9H,7H2,1-6H3,(H,14,15). The zero-order valence-electron chi connectivity index (χ0n) is 11.0. The molecule has 16 heavy (non-hydrogen) atoms. The van der Waals surface area contributed by atoms with Gasteiger partial charge in [-0.15, -0.1) is 0 Å². The van der Waals surface area contributed by atoms with Crippen LogP contribution in [0.25, 0.3) is 0 Å². The van der Waals surface area contributed by atoms with Gasteiger partial charge in [-0.25, -0.2) is 4.79 Å². The lowest BCUT2D eigenvalue weighted by atomic mass is 9.85. The van der Waals surface area contributed by atoms with Crippen molar-refractivity contribution in [2.45, 2.75) is 59.1 Å². The molecule has 0 aliphatic rings. The van der Waals surface area contributed by atoms with Gasteiger partial charge in [0.25, 0.3) is 0 Å². The summed E-state index contributed by atoms with van der Waals surface area (Å²) in [6.07, 6.45) is 0.0186. The molecule has 0 rings (SSSR count). The minimum atomic E-state index is -0.845. The normalized spacial score (nSPS) is 15.1. The van der Waals surface area contributed by atoms with E-state index in [1.54, 1.807) is 20.8 Å². The average Bonchev–Trinajstić information content (AvgIpc) is 2.10. The van der Waals surface area contributed by atoms with E-state index in [9.17, 15) is 10.1 Å². The summed E-state index contributed by atoms with van der Waals surface area (Å²) in [5.41, 5.74) is -1.39. The van der Waals surface area contributed by atoms with Crippen LogP contribution in [0, 0.1) is 17.2 Å². The molecule has 0 spiro atoms. The van der Waals surface area contributed by atoms with E-state index >= 15 is 0 Å². The fourth-order valence-corrected chi connectivity index (χ4v) is 1.36. The van der Waals surface area contributed by atoms with E-state index in [2.05, 4.69) is 11.4 Å². The molecule has 4 heteroatoms. The monoisotopic (exact) mass is 226 g/mol. The van der Waals surface area contributed by atoms with Crippen molar-refractivity contribution in [1.82, 2.24) is 5.32 Å². The predicted molar refractivity (Wildman–Crippen MR) is 62.8 cm³/mol. The maximum absolute atomic E-state index is 11.6. The second kappa shape index (κ2) is 5.20. The van der Waals surface area contributed by atoms with Crippen LogP contribution >= 0.6 is 0 Å². The fourth-order valence-electron chi connectivity index (χ4n) is 1.36. The van der Waals surface area contributed by atoms with Gasteiger partial charge in [0.2, 0.25) is 0 Å². The third-order valence-electron chi connectivity index (χ3n) is 2.47. The van der Waals surface area contributed by atoms with E-state index in [0.717, 1.165) is 0 Å². The molecule has 0 aromatic rings. The number of nitrogens with zero attached hydrogens (tertiary/aromatic N) is 1. The number of carbonyl (C=O) groups excluding carboxylic acids is 1. The van der Waals surface area contributed by atoms with Crippen LogP contribution in [0.1, 0.15) is 48.0 Å². The van der Waals surface area contributed by atoms with Crippen molar-refractivity contribution in [3.8, 4) is 6.07 Å². The summed E-state index contributed by atoms with van der Waals surface area (Å²) < 4.78 is 5.15. The maximum atomic E-state index is 11.6. The zero-order chi connectivity index (χ0) is 13.0. The van der Waals surface area contributed by atoms with Crippen LogP contribution in [-0.2, 0) is 4.74 Å². The molecule has 0 heterocycles. The Labute approximate surface area is 98.0 Å². The highest BCUT2D eigenvalue weighted by Crippen LogP contribution is 2.21. The fraction of sp³-hybridized carbons (Fsp3) is 0.833. The molecule has 0 saturated carbocycles. The van der Waals surface area contributed by atoms with E-state index < -0.39 is 17.2 Å². The molecule has 0 bridgehead atoms. The van der Waals surface area contributed by atoms with Crippen molar-refractivity contribution in [2.75, 3.05) is 0 Å². The van der Waals surface area contributed by atoms with Gasteiger partial charge in [-0.3, -0.25) is 0 Å². The molecule has 0 aromatic heterocycles. The topological polar surface area (TPSA) is 62.1 Å². The summed E-state index contributed by atoms with van der Waals surface area (Å²) >= 11 is 0. The molecular formula is C12H22N2O2. The van der Waals surface area contributed by atoms with Gasteiger partial charge < -0.3 is 10.1 Å². The molecule has 1 atom stereocenters. The lowest BCUT2D eigenvalue weighted by molar-refractivity contribution is 0.0454. The summed E-state index contributed by atoms with van der Waals surface area (Å²) in [5, 5.41) is 11.8. The van der Waals surface area contributed by atoms with Crippen molar-refractivity contribution in [3.05, 3.63) is 0 Å². The number of hydrogen-bond donors (Lipinski definition) is 1. The minimum absolute atomic E-state index is 0.0371. The van der Waals surface area contributed by atoms with Crippen molar-refractivity contribution >= 4 is 6.09 Å². The van der Waals surface area contributed by atoms with Gasteiger partial charge in [-0.1, -0.05) is 20.8 Å². The first-order valence-electron chi connectivity index (χ1n) is 5.59. The Morgan fingerprint density at radius 3 is 2.19 bits per heavy atom. The Kier molecular flexibility index (Phi) is 4.80. The Hall–Kier alpha value is -1.24. The average molecular weight is 226 g/mol. The second-order valence-electron chi connectivity index (χ2n) is 5.22. The first-order valence-corrected chi connectivity index (χ1v) is 5.59. The van der Waals surface area contributed by atoms with Crippen molar-refractivity contribution in [1.29, 1.82) is 5.26 Å². The number of hydrogen-bond acceptors (Lipinski definition) is 3. The molecule has 1 unspecified atom stereocenters. The molecule has 0 aromatic carbocycles. The molecule has 0 saturated heterocycles. The minimum Gasteiger partial charge on any atom is -0.444 e. The second-order valence-corrected chi connectivity index (χ2v) is 5.22. The molecule has 0 radical (unpaired) electrons. The van der Waals surface area contributed by atoms with Gasteiger partial charge in [0.15, 0.2) is 0 Å². The van der Waals surface area contributed by atoms with Gasteiger partial charge in [-0.05, 0) is 33.1 Å². The summed E-state index contributed by atoms with van der Waals surface area (Å²) in [5.74, 6) is 0.0371. The molecule has 1 N–H and O–H groups in total. The van der Waals surface area contributed by atoms with E-state index in [1.807, 2.05) is 20.8 Å². The molecule has 0 aliphatic heterocycles. The first-order chi connectivity index (χ1) is 7.17. The highest BCUT2D eigenvalue weighted by molar-refractivity contribution is 5.69. The third kappa shape index (κ3) is 4.09. The Morgan fingerprint density at radius 2 is 1.94 bits per heavy atom. The zero-order valence-corrected chi connectivity index (χ0v) is 11.0. The lowest BCUT2D eigenvalue weighted by Gasteiger charge is -2.31. The van der Waals surface area contributed by atoms with Crippen molar-refractivity contribution in [3.63, 3.8) is 0 Å². The summed E-state index contributed by atoms with van der Waals surface area (Å²) in [4.78, 5) is 11.6. The molecule has 0 fully saturated rings. The summed E-state index contributed by atoms with van der Waals surface area (Å²) in [6.45, 7) is 11.1. The largest absolute Gasteiger partial charge is 0.444 e. The number of rotatable bonds is 3. The van der Waals surface area contributed by atoms with Crippen molar-refractivity contribution < 1.29 is 9.53 Å². The van der Waals surface area contributed by atoms with E-state index in [0.29, 0.717) is 6.42 Å². The van der Waals surface area contributed by atoms with E-state index in [4.69, 9.17) is 4.74 Å². The first kappa shape index (κ1) is 14.8. The van der Waals surface area contributed by atoms with Crippen LogP contribution in [0.15, 0.2) is 0 Å². The maximum Gasteiger partial charge on any atom is 0.408 e. The van der Waals surface area contributed by atoms with Crippen LogP contribution < -0.4 is 5.32 Å². The summed E-state index contributed by atoms with van der Waals surface area (Å²) in [7, 11) is 0. The highest BCUT2D eigenvalue weighted by atomic mass is 16.6. The number of alkyl carbamates (subject to hydrolysis) is 1. The van der Waals surface area contributed by atoms with Gasteiger partial charge in [0.05, 0.1) is 6.07 Å². The molecule has 1 amide bonds.